The number of carbonyl (C=O) groups is 4. The van der Waals surface area contributed by atoms with Crippen LogP contribution in [-0.2, 0) is 19.2 Å². The van der Waals surface area contributed by atoms with E-state index in [4.69, 9.17) is 5.11 Å². The summed E-state index contributed by atoms with van der Waals surface area (Å²) in [4.78, 5) is 47.1. The monoisotopic (exact) mass is 363 g/mol. The van der Waals surface area contributed by atoms with E-state index in [0.717, 1.165) is 19.3 Å². The van der Waals surface area contributed by atoms with Crippen molar-refractivity contribution in [2.24, 2.45) is 11.3 Å². The summed E-state index contributed by atoms with van der Waals surface area (Å²) in [6, 6.07) is -0.645. The summed E-state index contributed by atoms with van der Waals surface area (Å²) >= 11 is 0. The van der Waals surface area contributed by atoms with Crippen LogP contribution in [0, 0.1) is 11.3 Å². The van der Waals surface area contributed by atoms with Gasteiger partial charge in [0.15, 0.2) is 0 Å². The maximum Gasteiger partial charge on any atom is 0.309 e. The van der Waals surface area contributed by atoms with Crippen molar-refractivity contribution in [3.63, 3.8) is 0 Å². The summed E-state index contributed by atoms with van der Waals surface area (Å²) in [5, 5.41) is 13.0. The van der Waals surface area contributed by atoms with Crippen molar-refractivity contribution in [1.82, 2.24) is 15.8 Å². The van der Waals surface area contributed by atoms with E-state index in [1.54, 1.807) is 0 Å². The van der Waals surface area contributed by atoms with Gasteiger partial charge in [0.05, 0.1) is 5.92 Å². The Morgan fingerprint density at radius 3 is 2.62 bits per heavy atom. The minimum absolute atomic E-state index is 0.0597. The molecule has 0 aromatic rings. The predicted molar refractivity (Wildman–Crippen MR) is 91.6 cm³/mol. The zero-order valence-electron chi connectivity index (χ0n) is 14.7. The van der Waals surface area contributed by atoms with Crippen LogP contribution in [0.3, 0.4) is 0 Å². The number of aliphatic carboxylic acids is 1. The molecule has 3 aliphatic rings. The number of amides is 2. The Morgan fingerprint density at radius 2 is 2.08 bits per heavy atom. The first-order valence-electron chi connectivity index (χ1n) is 9.06. The van der Waals surface area contributed by atoms with Gasteiger partial charge in [0.1, 0.15) is 17.9 Å². The van der Waals surface area contributed by atoms with E-state index < -0.39 is 29.4 Å². The first kappa shape index (κ1) is 18.6. The Hall–Kier alpha value is -2.22. The van der Waals surface area contributed by atoms with Crippen molar-refractivity contribution in [2.75, 3.05) is 6.54 Å². The van der Waals surface area contributed by atoms with Crippen molar-refractivity contribution >= 4 is 24.1 Å². The average molecular weight is 363 g/mol. The zero-order chi connectivity index (χ0) is 18.9. The second-order valence-electron chi connectivity index (χ2n) is 7.68. The molecule has 3 N–H and O–H groups in total. The van der Waals surface area contributed by atoms with Crippen LogP contribution in [0.5, 0.6) is 0 Å². The standard InChI is InChI=1S/C18H25N3O5/c1-2-17(7-8-17)6-5-14(23)21-9-3-4-13(20-21)15(24)19-18(11-22)10-12(18)16(25)26/h2,11-13,20H,1,3-10H2,(H,19,24)(H,25,26). The average Bonchev–Trinajstić information content (AvgIpc) is 3.55. The molecule has 0 bridgehead atoms. The first-order valence-corrected chi connectivity index (χ1v) is 9.06. The largest absolute Gasteiger partial charge is 0.481 e. The third kappa shape index (κ3) is 3.65. The summed E-state index contributed by atoms with van der Waals surface area (Å²) < 4.78 is 0. The maximum atomic E-state index is 12.4. The van der Waals surface area contributed by atoms with Gasteiger partial charge in [0, 0.05) is 13.0 Å². The highest BCUT2D eigenvalue weighted by molar-refractivity contribution is 5.93. The van der Waals surface area contributed by atoms with Crippen LogP contribution in [0.1, 0.15) is 44.9 Å². The van der Waals surface area contributed by atoms with E-state index in [9.17, 15) is 19.2 Å². The van der Waals surface area contributed by atoms with Gasteiger partial charge in [-0.2, -0.15) is 0 Å². The van der Waals surface area contributed by atoms with Crippen molar-refractivity contribution in [3.05, 3.63) is 12.7 Å². The highest BCUT2D eigenvalue weighted by Gasteiger charge is 2.60. The molecule has 0 spiro atoms. The van der Waals surface area contributed by atoms with Gasteiger partial charge in [-0.15, -0.1) is 6.58 Å². The molecule has 2 amide bonds. The smallest absolute Gasteiger partial charge is 0.309 e. The van der Waals surface area contributed by atoms with Crippen molar-refractivity contribution in [3.8, 4) is 0 Å². The maximum absolute atomic E-state index is 12.4. The number of nitrogens with one attached hydrogen (secondary N) is 2. The van der Waals surface area contributed by atoms with E-state index in [1.165, 1.54) is 5.01 Å². The van der Waals surface area contributed by atoms with Gasteiger partial charge in [-0.05, 0) is 43.9 Å². The van der Waals surface area contributed by atoms with Crippen LogP contribution in [0.15, 0.2) is 12.7 Å². The molecule has 8 nitrogen and oxygen atoms in total. The Balaban J connectivity index is 1.52. The molecule has 3 fully saturated rings. The second kappa shape index (κ2) is 6.83. The van der Waals surface area contributed by atoms with Gasteiger partial charge < -0.3 is 15.2 Å². The van der Waals surface area contributed by atoms with Gasteiger partial charge in [-0.25, -0.2) is 5.43 Å². The van der Waals surface area contributed by atoms with Crippen LogP contribution in [-0.4, -0.2) is 52.3 Å². The summed E-state index contributed by atoms with van der Waals surface area (Å²) in [6.45, 7) is 4.35. The minimum Gasteiger partial charge on any atom is -0.481 e. The normalized spacial score (nSPS) is 31.6. The molecular formula is C18H25N3O5. The topological polar surface area (TPSA) is 116 Å². The van der Waals surface area contributed by atoms with Gasteiger partial charge in [0.2, 0.25) is 11.8 Å². The predicted octanol–water partition coefficient (Wildman–Crippen LogP) is 0.387. The molecule has 2 saturated carbocycles. The van der Waals surface area contributed by atoms with Gasteiger partial charge in [0.25, 0.3) is 0 Å². The molecule has 1 saturated heterocycles. The van der Waals surface area contributed by atoms with Gasteiger partial charge >= 0.3 is 5.97 Å². The molecule has 142 valence electrons. The van der Waals surface area contributed by atoms with Crippen molar-refractivity contribution in [2.45, 2.75) is 56.5 Å². The lowest BCUT2D eigenvalue weighted by Gasteiger charge is -2.34. The lowest BCUT2D eigenvalue weighted by molar-refractivity contribution is -0.140. The molecule has 8 heteroatoms. The molecule has 3 rings (SSSR count). The SMILES string of the molecule is C=CC1(CCC(=O)N2CCCC(C(=O)NC3(C=O)CC3C(=O)O)N2)CC1. The van der Waals surface area contributed by atoms with E-state index >= 15 is 0 Å². The fraction of sp³-hybridized carbons (Fsp3) is 0.667. The van der Waals surface area contributed by atoms with E-state index in [1.807, 2.05) is 6.08 Å². The minimum atomic E-state index is -1.31. The first-order chi connectivity index (χ1) is 12.3. The highest BCUT2D eigenvalue weighted by Crippen LogP contribution is 2.50. The molecule has 0 aromatic heterocycles. The number of hydrazine groups is 1. The Bertz CT molecular complexity index is 645. The summed E-state index contributed by atoms with van der Waals surface area (Å²) in [7, 11) is 0. The number of hydrogen-bond acceptors (Lipinski definition) is 5. The lowest BCUT2D eigenvalue weighted by atomic mass is 10.00. The van der Waals surface area contributed by atoms with E-state index in [-0.39, 0.29) is 17.7 Å². The van der Waals surface area contributed by atoms with Gasteiger partial charge in [-0.3, -0.25) is 19.4 Å². The van der Waals surface area contributed by atoms with Crippen LogP contribution >= 0.6 is 0 Å². The third-order valence-electron chi connectivity index (χ3n) is 5.83. The van der Waals surface area contributed by atoms with Crippen LogP contribution < -0.4 is 10.7 Å². The molecule has 1 aliphatic heterocycles. The Kier molecular flexibility index (Phi) is 4.88. The van der Waals surface area contributed by atoms with Crippen LogP contribution in [0.4, 0.5) is 0 Å². The number of carboxylic acid groups (broad SMARTS) is 1. The van der Waals surface area contributed by atoms with Gasteiger partial charge in [-0.1, -0.05) is 6.08 Å². The molecule has 26 heavy (non-hydrogen) atoms. The molecule has 2 aliphatic carbocycles. The molecule has 0 aromatic carbocycles. The molecule has 0 radical (unpaired) electrons. The number of carboxylic acids is 1. The number of hydrogen-bond donors (Lipinski definition) is 3. The fourth-order valence-electron chi connectivity index (χ4n) is 3.57. The van der Waals surface area contributed by atoms with E-state index in [0.29, 0.717) is 32.1 Å². The number of rotatable bonds is 8. The van der Waals surface area contributed by atoms with E-state index in [2.05, 4.69) is 17.3 Å². The number of aldehydes is 1. The fourth-order valence-corrected chi connectivity index (χ4v) is 3.57. The van der Waals surface area contributed by atoms with Crippen molar-refractivity contribution < 1.29 is 24.3 Å². The molecular weight excluding hydrogens is 338 g/mol. The van der Waals surface area contributed by atoms with Crippen LogP contribution in [0.25, 0.3) is 0 Å². The Labute approximate surface area is 152 Å². The summed E-state index contributed by atoms with van der Waals surface area (Å²) in [5.74, 6) is -2.47. The molecule has 3 atom stereocenters. The van der Waals surface area contributed by atoms with Crippen molar-refractivity contribution in [1.29, 1.82) is 0 Å². The Morgan fingerprint density at radius 1 is 1.35 bits per heavy atom. The molecule has 3 unspecified atom stereocenters. The zero-order valence-corrected chi connectivity index (χ0v) is 14.7. The number of allylic oxidation sites excluding steroid dienone is 1. The second-order valence-corrected chi connectivity index (χ2v) is 7.68. The third-order valence-corrected chi connectivity index (χ3v) is 5.83. The summed E-state index contributed by atoms with van der Waals surface area (Å²) in [6.07, 6.45) is 7.02. The van der Waals surface area contributed by atoms with Crippen LogP contribution in [0.2, 0.25) is 0 Å². The quantitative estimate of drug-likeness (QED) is 0.424. The number of carbonyl (C=O) groups excluding carboxylic acids is 3. The highest BCUT2D eigenvalue weighted by atomic mass is 16.4. The lowest BCUT2D eigenvalue weighted by Crippen LogP contribution is -2.59. The molecule has 1 heterocycles. The number of nitrogens with zero attached hydrogens (tertiary/aromatic N) is 1. The summed E-state index contributed by atoms with van der Waals surface area (Å²) in [5.41, 5.74) is 1.73.